The summed E-state index contributed by atoms with van der Waals surface area (Å²) in [4.78, 5) is 43.2. The van der Waals surface area contributed by atoms with Crippen molar-refractivity contribution in [3.05, 3.63) is 59.9 Å². The van der Waals surface area contributed by atoms with Crippen LogP contribution in [-0.2, 0) is 16.1 Å². The summed E-state index contributed by atoms with van der Waals surface area (Å²) >= 11 is 0. The molecule has 1 saturated heterocycles. The van der Waals surface area contributed by atoms with Crippen molar-refractivity contribution in [1.29, 1.82) is 0 Å². The van der Waals surface area contributed by atoms with Gasteiger partial charge >= 0.3 is 0 Å². The minimum absolute atomic E-state index is 0.00766. The first kappa shape index (κ1) is 19.1. The Morgan fingerprint density at radius 2 is 1.97 bits per heavy atom. The number of amides is 2. The van der Waals surface area contributed by atoms with Crippen LogP contribution in [0.2, 0.25) is 0 Å². The van der Waals surface area contributed by atoms with Crippen LogP contribution in [0.4, 0.5) is 0 Å². The Morgan fingerprint density at radius 3 is 2.79 bits per heavy atom. The standard InChI is InChI=1S/C22H23N3O4/c26-18-13-22(29-19-7-2-1-6-17(18)19)9-8-21(28)25(12-10-22)15-20(27)24-14-16-5-3-4-11-23-16/h1-7,11H,8-10,12-15H2,(H,24,27)/t22-/m1/s1. The van der Waals surface area contributed by atoms with Crippen LogP contribution < -0.4 is 10.1 Å². The third-order valence-corrected chi connectivity index (χ3v) is 5.51. The molecule has 1 atom stereocenters. The number of ketones is 1. The van der Waals surface area contributed by atoms with E-state index in [1.165, 1.54) is 0 Å². The number of pyridine rings is 1. The Kier molecular flexibility index (Phi) is 5.29. The van der Waals surface area contributed by atoms with Crippen molar-refractivity contribution in [3.63, 3.8) is 0 Å². The fourth-order valence-electron chi connectivity index (χ4n) is 3.89. The van der Waals surface area contributed by atoms with Gasteiger partial charge in [-0.1, -0.05) is 18.2 Å². The molecular weight excluding hydrogens is 370 g/mol. The van der Waals surface area contributed by atoms with E-state index in [1.54, 1.807) is 23.2 Å². The largest absolute Gasteiger partial charge is 0.486 e. The SMILES string of the molecule is O=C(CN1CC[C@]2(CCC1=O)CC(=O)c1ccccc1O2)NCc1ccccn1. The van der Waals surface area contributed by atoms with E-state index in [0.29, 0.717) is 37.2 Å². The number of ether oxygens (including phenoxy) is 1. The molecule has 0 saturated carbocycles. The number of aromatic nitrogens is 1. The summed E-state index contributed by atoms with van der Waals surface area (Å²) in [6.07, 6.45) is 3.17. The highest BCUT2D eigenvalue weighted by Crippen LogP contribution is 2.39. The van der Waals surface area contributed by atoms with Gasteiger partial charge in [0, 0.05) is 25.6 Å². The maximum atomic E-state index is 12.6. The summed E-state index contributed by atoms with van der Waals surface area (Å²) in [7, 11) is 0. The van der Waals surface area contributed by atoms with Crippen molar-refractivity contribution in [3.8, 4) is 5.75 Å². The van der Waals surface area contributed by atoms with Crippen LogP contribution >= 0.6 is 0 Å². The van der Waals surface area contributed by atoms with Gasteiger partial charge in [-0.25, -0.2) is 0 Å². The number of likely N-dealkylation sites (tertiary alicyclic amines) is 1. The van der Waals surface area contributed by atoms with E-state index in [-0.39, 0.29) is 37.0 Å². The molecule has 1 N–H and O–H groups in total. The van der Waals surface area contributed by atoms with Gasteiger partial charge in [-0.05, 0) is 30.7 Å². The van der Waals surface area contributed by atoms with E-state index >= 15 is 0 Å². The van der Waals surface area contributed by atoms with Gasteiger partial charge in [0.15, 0.2) is 5.78 Å². The van der Waals surface area contributed by atoms with Crippen molar-refractivity contribution in [2.45, 2.75) is 37.8 Å². The maximum absolute atomic E-state index is 12.6. The second kappa shape index (κ2) is 8.03. The van der Waals surface area contributed by atoms with Gasteiger partial charge in [0.25, 0.3) is 0 Å². The molecule has 150 valence electrons. The van der Waals surface area contributed by atoms with Crippen molar-refractivity contribution in [2.75, 3.05) is 13.1 Å². The normalized spacial score (nSPS) is 21.3. The Labute approximate surface area is 169 Å². The first-order valence-corrected chi connectivity index (χ1v) is 9.80. The molecule has 0 aliphatic carbocycles. The lowest BCUT2D eigenvalue weighted by Crippen LogP contribution is -2.44. The second-order valence-corrected chi connectivity index (χ2v) is 7.54. The topological polar surface area (TPSA) is 88.6 Å². The Morgan fingerprint density at radius 1 is 1.14 bits per heavy atom. The lowest BCUT2D eigenvalue weighted by atomic mass is 9.84. The number of nitrogens with zero attached hydrogens (tertiary/aromatic N) is 2. The summed E-state index contributed by atoms with van der Waals surface area (Å²) < 4.78 is 6.21. The molecule has 1 spiro atoms. The monoisotopic (exact) mass is 393 g/mol. The van der Waals surface area contributed by atoms with E-state index < -0.39 is 5.60 Å². The zero-order valence-corrected chi connectivity index (χ0v) is 16.1. The van der Waals surface area contributed by atoms with Gasteiger partial charge in [-0.15, -0.1) is 0 Å². The molecule has 1 fully saturated rings. The second-order valence-electron chi connectivity index (χ2n) is 7.54. The molecule has 2 aromatic rings. The van der Waals surface area contributed by atoms with Gasteiger partial charge in [0.1, 0.15) is 11.4 Å². The fourth-order valence-corrected chi connectivity index (χ4v) is 3.89. The van der Waals surface area contributed by atoms with Crippen LogP contribution in [0, 0.1) is 0 Å². The molecule has 1 aromatic heterocycles. The van der Waals surface area contributed by atoms with Crippen LogP contribution in [0.15, 0.2) is 48.7 Å². The summed E-state index contributed by atoms with van der Waals surface area (Å²) in [5, 5.41) is 2.80. The number of rotatable bonds is 4. The Bertz CT molecular complexity index is 931. The molecule has 0 bridgehead atoms. The Balaban J connectivity index is 1.38. The van der Waals surface area contributed by atoms with Gasteiger partial charge in [-0.2, -0.15) is 0 Å². The minimum atomic E-state index is -0.680. The number of Topliss-reactive ketones (excluding diaryl/α,β-unsaturated/α-hetero) is 1. The number of hydrogen-bond donors (Lipinski definition) is 1. The summed E-state index contributed by atoms with van der Waals surface area (Å²) in [5.41, 5.74) is 0.675. The maximum Gasteiger partial charge on any atom is 0.239 e. The van der Waals surface area contributed by atoms with Gasteiger partial charge in [-0.3, -0.25) is 19.4 Å². The van der Waals surface area contributed by atoms with E-state index in [0.717, 1.165) is 5.69 Å². The zero-order chi connectivity index (χ0) is 20.3. The number of fused-ring (bicyclic) bond motifs is 1. The molecule has 0 radical (unpaired) electrons. The van der Waals surface area contributed by atoms with E-state index in [4.69, 9.17) is 4.74 Å². The predicted octanol–water partition coefficient (Wildman–Crippen LogP) is 2.11. The molecule has 3 heterocycles. The highest BCUT2D eigenvalue weighted by molar-refractivity contribution is 6.00. The van der Waals surface area contributed by atoms with Crippen LogP contribution in [0.25, 0.3) is 0 Å². The molecule has 2 aliphatic heterocycles. The van der Waals surface area contributed by atoms with Crippen molar-refractivity contribution >= 4 is 17.6 Å². The van der Waals surface area contributed by atoms with Crippen molar-refractivity contribution in [1.82, 2.24) is 15.2 Å². The summed E-state index contributed by atoms with van der Waals surface area (Å²) in [6.45, 7) is 0.692. The van der Waals surface area contributed by atoms with E-state index in [2.05, 4.69) is 10.3 Å². The number of nitrogens with one attached hydrogen (secondary N) is 1. The van der Waals surface area contributed by atoms with Crippen LogP contribution in [-0.4, -0.2) is 46.2 Å². The molecule has 7 nitrogen and oxygen atoms in total. The number of benzene rings is 1. The highest BCUT2D eigenvalue weighted by atomic mass is 16.5. The highest BCUT2D eigenvalue weighted by Gasteiger charge is 2.43. The molecule has 4 rings (SSSR count). The first-order chi connectivity index (χ1) is 14.0. The summed E-state index contributed by atoms with van der Waals surface area (Å²) in [5.74, 6) is 0.300. The Hall–Kier alpha value is -3.22. The van der Waals surface area contributed by atoms with Gasteiger partial charge in [0.05, 0.1) is 30.8 Å². The van der Waals surface area contributed by atoms with E-state index in [1.807, 2.05) is 30.3 Å². The average molecular weight is 393 g/mol. The number of carbonyl (C=O) groups is 3. The molecule has 2 aliphatic rings. The molecule has 1 aromatic carbocycles. The first-order valence-electron chi connectivity index (χ1n) is 9.80. The zero-order valence-electron chi connectivity index (χ0n) is 16.1. The fraction of sp³-hybridized carbons (Fsp3) is 0.364. The quantitative estimate of drug-likeness (QED) is 0.860. The van der Waals surface area contributed by atoms with Gasteiger partial charge < -0.3 is 15.0 Å². The lowest BCUT2D eigenvalue weighted by Gasteiger charge is -2.37. The molecular formula is C22H23N3O4. The summed E-state index contributed by atoms with van der Waals surface area (Å²) in [6, 6.07) is 12.7. The van der Waals surface area contributed by atoms with Crippen molar-refractivity contribution < 1.29 is 19.1 Å². The van der Waals surface area contributed by atoms with Crippen LogP contribution in [0.3, 0.4) is 0 Å². The third-order valence-electron chi connectivity index (χ3n) is 5.51. The smallest absolute Gasteiger partial charge is 0.239 e. The van der Waals surface area contributed by atoms with E-state index in [9.17, 15) is 14.4 Å². The van der Waals surface area contributed by atoms with Crippen LogP contribution in [0.5, 0.6) is 5.75 Å². The molecule has 29 heavy (non-hydrogen) atoms. The molecule has 7 heteroatoms. The lowest BCUT2D eigenvalue weighted by molar-refractivity contribution is -0.135. The average Bonchev–Trinajstić information content (AvgIpc) is 2.87. The number of carbonyl (C=O) groups excluding carboxylic acids is 3. The van der Waals surface area contributed by atoms with Crippen LogP contribution in [0.1, 0.15) is 41.7 Å². The number of para-hydroxylation sites is 1. The number of hydrogen-bond acceptors (Lipinski definition) is 5. The predicted molar refractivity (Wildman–Crippen MR) is 105 cm³/mol. The molecule has 0 unspecified atom stereocenters. The van der Waals surface area contributed by atoms with Gasteiger partial charge in [0.2, 0.25) is 11.8 Å². The minimum Gasteiger partial charge on any atom is -0.486 e. The third kappa shape index (κ3) is 4.29. The van der Waals surface area contributed by atoms with Crippen molar-refractivity contribution in [2.24, 2.45) is 0 Å². The molecule has 2 amide bonds.